The van der Waals surface area contributed by atoms with Gasteiger partial charge in [0.1, 0.15) is 0 Å². The Morgan fingerprint density at radius 2 is 1.97 bits per heavy atom. The van der Waals surface area contributed by atoms with Crippen LogP contribution in [0.1, 0.15) is 51.5 Å². The average Bonchev–Trinajstić information content (AvgIpc) is 3.45. The van der Waals surface area contributed by atoms with Crippen molar-refractivity contribution in [2.75, 3.05) is 33.4 Å². The van der Waals surface area contributed by atoms with Crippen LogP contribution >= 0.6 is 24.0 Å². The van der Waals surface area contributed by atoms with Gasteiger partial charge in [-0.3, -0.25) is 4.79 Å². The number of methoxy groups -OCH3 is 1. The molecule has 1 unspecified atom stereocenters. The summed E-state index contributed by atoms with van der Waals surface area (Å²) >= 11 is 0. The molecule has 1 saturated heterocycles. The van der Waals surface area contributed by atoms with Gasteiger partial charge in [-0.05, 0) is 50.8 Å². The molecule has 1 aliphatic carbocycles. The van der Waals surface area contributed by atoms with Crippen LogP contribution < -0.4 is 20.1 Å². The molecule has 2 fully saturated rings. The normalized spacial score (nSPS) is 19.1. The van der Waals surface area contributed by atoms with Gasteiger partial charge in [0, 0.05) is 31.6 Å². The van der Waals surface area contributed by atoms with Crippen LogP contribution in [0.2, 0.25) is 0 Å². The largest absolute Gasteiger partial charge is 0.493 e. The highest BCUT2D eigenvalue weighted by Gasteiger charge is 2.32. The number of ether oxygens (including phenoxy) is 2. The SMILES string of the molecule is CCNC(=NCc1ccc(OCC)c(OC)c1)NC1CCN(C(=O)C2CCCC2)C1.I. The number of guanidine groups is 1. The van der Waals surface area contributed by atoms with Crippen molar-refractivity contribution in [1.82, 2.24) is 15.5 Å². The van der Waals surface area contributed by atoms with Gasteiger partial charge in [-0.25, -0.2) is 4.99 Å². The number of hydrogen-bond donors (Lipinski definition) is 2. The fourth-order valence-electron chi connectivity index (χ4n) is 4.28. The first-order chi connectivity index (χ1) is 14.6. The molecule has 1 heterocycles. The zero-order valence-electron chi connectivity index (χ0n) is 19.0. The third kappa shape index (κ3) is 7.15. The van der Waals surface area contributed by atoms with Gasteiger partial charge in [-0.15, -0.1) is 24.0 Å². The van der Waals surface area contributed by atoms with Gasteiger partial charge in [0.25, 0.3) is 0 Å². The van der Waals surface area contributed by atoms with Crippen LogP contribution in [0.15, 0.2) is 23.2 Å². The van der Waals surface area contributed by atoms with Crippen molar-refractivity contribution in [2.24, 2.45) is 10.9 Å². The molecule has 0 bridgehead atoms. The van der Waals surface area contributed by atoms with Gasteiger partial charge < -0.3 is 25.0 Å². The number of carbonyl (C=O) groups is 1. The van der Waals surface area contributed by atoms with E-state index < -0.39 is 0 Å². The zero-order valence-corrected chi connectivity index (χ0v) is 21.3. The van der Waals surface area contributed by atoms with Crippen molar-refractivity contribution >= 4 is 35.8 Å². The summed E-state index contributed by atoms with van der Waals surface area (Å²) in [5.74, 6) is 2.85. The van der Waals surface area contributed by atoms with Crippen LogP contribution in [-0.4, -0.2) is 56.2 Å². The number of halogens is 1. The molecule has 0 aromatic heterocycles. The lowest BCUT2D eigenvalue weighted by Gasteiger charge is -2.21. The molecule has 1 aromatic rings. The second-order valence-corrected chi connectivity index (χ2v) is 8.01. The maximum absolute atomic E-state index is 12.7. The molecule has 31 heavy (non-hydrogen) atoms. The minimum Gasteiger partial charge on any atom is -0.493 e. The molecule has 2 N–H and O–H groups in total. The Morgan fingerprint density at radius 1 is 1.19 bits per heavy atom. The van der Waals surface area contributed by atoms with Crippen molar-refractivity contribution in [3.8, 4) is 11.5 Å². The van der Waals surface area contributed by atoms with Crippen molar-refractivity contribution in [2.45, 2.75) is 58.5 Å². The van der Waals surface area contributed by atoms with Crippen LogP contribution in [0.25, 0.3) is 0 Å². The highest BCUT2D eigenvalue weighted by atomic mass is 127. The number of likely N-dealkylation sites (tertiary alicyclic amines) is 1. The van der Waals surface area contributed by atoms with Crippen LogP contribution in [0, 0.1) is 5.92 Å². The predicted octanol–water partition coefficient (Wildman–Crippen LogP) is 3.56. The van der Waals surface area contributed by atoms with Crippen molar-refractivity contribution in [3.05, 3.63) is 23.8 Å². The van der Waals surface area contributed by atoms with Gasteiger partial charge >= 0.3 is 0 Å². The highest BCUT2D eigenvalue weighted by Crippen LogP contribution is 2.29. The van der Waals surface area contributed by atoms with Gasteiger partial charge in [-0.2, -0.15) is 0 Å². The molecular formula is C23H37IN4O3. The summed E-state index contributed by atoms with van der Waals surface area (Å²) in [7, 11) is 1.65. The number of carbonyl (C=O) groups excluding carboxylic acids is 1. The number of amides is 1. The van der Waals surface area contributed by atoms with Crippen LogP contribution in [0.5, 0.6) is 11.5 Å². The van der Waals surface area contributed by atoms with Crippen molar-refractivity contribution in [3.63, 3.8) is 0 Å². The summed E-state index contributed by atoms with van der Waals surface area (Å²) in [4.78, 5) is 19.5. The van der Waals surface area contributed by atoms with Crippen LogP contribution in [0.3, 0.4) is 0 Å². The quantitative estimate of drug-likeness (QED) is 0.298. The molecule has 3 rings (SSSR count). The number of aliphatic imine (C=N–C) groups is 1. The van der Waals surface area contributed by atoms with E-state index in [9.17, 15) is 4.79 Å². The molecule has 0 spiro atoms. The maximum Gasteiger partial charge on any atom is 0.225 e. The van der Waals surface area contributed by atoms with Crippen molar-refractivity contribution < 1.29 is 14.3 Å². The summed E-state index contributed by atoms with van der Waals surface area (Å²) in [5.41, 5.74) is 1.05. The Balaban J connectivity index is 0.00000341. The summed E-state index contributed by atoms with van der Waals surface area (Å²) in [5, 5.41) is 6.83. The van der Waals surface area contributed by atoms with Gasteiger partial charge in [0.2, 0.25) is 5.91 Å². The number of benzene rings is 1. The first kappa shape index (κ1) is 25.5. The van der Waals surface area contributed by atoms with E-state index in [0.717, 1.165) is 61.9 Å². The molecule has 1 aliphatic heterocycles. The summed E-state index contributed by atoms with van der Waals surface area (Å²) < 4.78 is 11.0. The molecular weight excluding hydrogens is 507 g/mol. The van der Waals surface area contributed by atoms with E-state index in [0.29, 0.717) is 19.1 Å². The first-order valence-corrected chi connectivity index (χ1v) is 11.3. The van der Waals surface area contributed by atoms with E-state index >= 15 is 0 Å². The predicted molar refractivity (Wildman–Crippen MR) is 134 cm³/mol. The topological polar surface area (TPSA) is 75.2 Å². The molecule has 7 nitrogen and oxygen atoms in total. The molecule has 8 heteroatoms. The van der Waals surface area contributed by atoms with Gasteiger partial charge in [0.15, 0.2) is 17.5 Å². The van der Waals surface area contributed by atoms with Crippen LogP contribution in [0.4, 0.5) is 0 Å². The summed E-state index contributed by atoms with van der Waals surface area (Å²) in [6, 6.07) is 6.15. The Kier molecular flexibility index (Phi) is 10.7. The third-order valence-electron chi connectivity index (χ3n) is 5.84. The number of hydrogen-bond acceptors (Lipinski definition) is 4. The lowest BCUT2D eigenvalue weighted by atomic mass is 10.1. The van der Waals surface area contributed by atoms with E-state index in [1.165, 1.54) is 12.8 Å². The zero-order chi connectivity index (χ0) is 21.3. The summed E-state index contributed by atoms with van der Waals surface area (Å²) in [6.45, 7) is 7.54. The lowest BCUT2D eigenvalue weighted by Crippen LogP contribution is -2.45. The molecule has 0 radical (unpaired) electrons. The average molecular weight is 544 g/mol. The third-order valence-corrected chi connectivity index (χ3v) is 5.84. The maximum atomic E-state index is 12.7. The van der Waals surface area contributed by atoms with E-state index in [1.54, 1.807) is 7.11 Å². The Hall–Kier alpha value is -1.71. The summed E-state index contributed by atoms with van der Waals surface area (Å²) in [6.07, 6.45) is 5.46. The van der Waals surface area contributed by atoms with Crippen LogP contribution in [-0.2, 0) is 11.3 Å². The minimum atomic E-state index is 0. The molecule has 1 aromatic carbocycles. The lowest BCUT2D eigenvalue weighted by molar-refractivity contribution is -0.134. The number of nitrogens with one attached hydrogen (secondary N) is 2. The number of rotatable bonds is 8. The second kappa shape index (κ2) is 13.0. The van der Waals surface area contributed by atoms with Crippen molar-refractivity contribution in [1.29, 1.82) is 0 Å². The van der Waals surface area contributed by atoms with E-state index in [1.807, 2.05) is 30.0 Å². The second-order valence-electron chi connectivity index (χ2n) is 8.01. The Labute approximate surface area is 203 Å². The minimum absolute atomic E-state index is 0. The monoisotopic (exact) mass is 544 g/mol. The molecule has 1 saturated carbocycles. The Morgan fingerprint density at radius 3 is 2.65 bits per heavy atom. The highest BCUT2D eigenvalue weighted by molar-refractivity contribution is 14.0. The standard InChI is InChI=1S/C23H36N4O3.HI/c1-4-24-23(25-15-17-10-11-20(30-5-2)21(14-17)29-3)26-19-12-13-27(16-19)22(28)18-8-6-7-9-18;/h10-11,14,18-19H,4-9,12-13,15-16H2,1-3H3,(H2,24,25,26);1H. The van der Waals surface area contributed by atoms with Gasteiger partial charge in [0.05, 0.1) is 20.3 Å². The van der Waals surface area contributed by atoms with E-state index in [4.69, 9.17) is 14.5 Å². The fraction of sp³-hybridized carbons (Fsp3) is 0.652. The molecule has 2 aliphatic rings. The van der Waals surface area contributed by atoms with E-state index in [2.05, 4.69) is 17.6 Å². The van der Waals surface area contributed by atoms with E-state index in [-0.39, 0.29) is 35.9 Å². The Bertz CT molecular complexity index is 738. The molecule has 174 valence electrons. The molecule has 1 amide bonds. The first-order valence-electron chi connectivity index (χ1n) is 11.3. The smallest absolute Gasteiger partial charge is 0.225 e. The fourth-order valence-corrected chi connectivity index (χ4v) is 4.28. The number of nitrogens with zero attached hydrogens (tertiary/aromatic N) is 2. The molecule has 1 atom stereocenters. The van der Waals surface area contributed by atoms with Gasteiger partial charge in [-0.1, -0.05) is 18.9 Å².